The normalized spacial score (nSPS) is 15.4. The molecule has 1 aromatic heterocycles. The SMILES string of the molecule is CCOCc1c(C(=O)NCCCOC2CCCCC2)oc2ccccc12. The molecule has 1 N–H and O–H groups in total. The van der Waals surface area contributed by atoms with Gasteiger partial charge in [0, 0.05) is 30.7 Å². The van der Waals surface area contributed by atoms with E-state index < -0.39 is 0 Å². The molecule has 1 amide bonds. The van der Waals surface area contributed by atoms with Crippen LogP contribution in [0.25, 0.3) is 11.0 Å². The second kappa shape index (κ2) is 9.74. The molecule has 0 spiro atoms. The van der Waals surface area contributed by atoms with E-state index in [0.29, 0.717) is 43.8 Å². The Balaban J connectivity index is 1.52. The van der Waals surface area contributed by atoms with Crippen molar-refractivity contribution in [3.8, 4) is 0 Å². The summed E-state index contributed by atoms with van der Waals surface area (Å²) in [5.74, 6) is 0.168. The van der Waals surface area contributed by atoms with E-state index in [1.54, 1.807) is 0 Å². The van der Waals surface area contributed by atoms with Gasteiger partial charge in [-0.25, -0.2) is 0 Å². The first-order valence-corrected chi connectivity index (χ1v) is 9.77. The van der Waals surface area contributed by atoms with Gasteiger partial charge in [-0.1, -0.05) is 37.5 Å². The number of carbonyl (C=O) groups is 1. The van der Waals surface area contributed by atoms with Crippen LogP contribution in [-0.4, -0.2) is 31.8 Å². The highest BCUT2D eigenvalue weighted by atomic mass is 16.5. The monoisotopic (exact) mass is 359 g/mol. The van der Waals surface area contributed by atoms with Crippen LogP contribution in [0.1, 0.15) is 61.6 Å². The highest BCUT2D eigenvalue weighted by Crippen LogP contribution is 2.26. The molecule has 1 aliphatic rings. The number of ether oxygens (including phenoxy) is 2. The van der Waals surface area contributed by atoms with Crippen molar-refractivity contribution in [3.63, 3.8) is 0 Å². The zero-order valence-electron chi connectivity index (χ0n) is 15.6. The number of hydrogen-bond acceptors (Lipinski definition) is 4. The number of amides is 1. The van der Waals surface area contributed by atoms with E-state index in [2.05, 4.69) is 5.32 Å². The lowest BCUT2D eigenvalue weighted by Gasteiger charge is -2.21. The van der Waals surface area contributed by atoms with Crippen molar-refractivity contribution < 1.29 is 18.7 Å². The van der Waals surface area contributed by atoms with Gasteiger partial charge in [-0.05, 0) is 32.3 Å². The standard InChI is InChI=1S/C21H29NO4/c1-2-24-15-18-17-11-6-7-12-19(17)26-20(18)21(23)22-13-8-14-25-16-9-4-3-5-10-16/h6-7,11-12,16H,2-5,8-10,13-15H2,1H3,(H,22,23). The van der Waals surface area contributed by atoms with E-state index in [4.69, 9.17) is 13.9 Å². The number of furan rings is 1. The van der Waals surface area contributed by atoms with E-state index in [1.807, 2.05) is 31.2 Å². The summed E-state index contributed by atoms with van der Waals surface area (Å²) in [4.78, 5) is 12.6. The molecular weight excluding hydrogens is 330 g/mol. The maximum Gasteiger partial charge on any atom is 0.287 e. The molecule has 26 heavy (non-hydrogen) atoms. The van der Waals surface area contributed by atoms with Crippen LogP contribution in [0.5, 0.6) is 0 Å². The van der Waals surface area contributed by atoms with Crippen LogP contribution >= 0.6 is 0 Å². The Labute approximate surface area is 155 Å². The minimum Gasteiger partial charge on any atom is -0.451 e. The molecule has 0 saturated heterocycles. The van der Waals surface area contributed by atoms with Crippen molar-refractivity contribution in [3.05, 3.63) is 35.6 Å². The lowest BCUT2D eigenvalue weighted by Crippen LogP contribution is -2.26. The average molecular weight is 359 g/mol. The van der Waals surface area contributed by atoms with Crippen molar-refractivity contribution in [2.75, 3.05) is 19.8 Å². The number of hydrogen-bond donors (Lipinski definition) is 1. The van der Waals surface area contributed by atoms with Crippen molar-refractivity contribution in [1.29, 1.82) is 0 Å². The van der Waals surface area contributed by atoms with Crippen LogP contribution in [0.2, 0.25) is 0 Å². The van der Waals surface area contributed by atoms with Crippen LogP contribution in [0.3, 0.4) is 0 Å². The van der Waals surface area contributed by atoms with E-state index >= 15 is 0 Å². The van der Waals surface area contributed by atoms with Crippen LogP contribution in [0.15, 0.2) is 28.7 Å². The second-order valence-corrected chi connectivity index (χ2v) is 6.78. The number of para-hydroxylation sites is 1. The minimum atomic E-state index is -0.187. The number of carbonyl (C=O) groups excluding carboxylic acids is 1. The van der Waals surface area contributed by atoms with Crippen molar-refractivity contribution >= 4 is 16.9 Å². The minimum absolute atomic E-state index is 0.187. The van der Waals surface area contributed by atoms with Crippen molar-refractivity contribution in [2.24, 2.45) is 0 Å². The summed E-state index contributed by atoms with van der Waals surface area (Å²) in [5, 5.41) is 3.88. The van der Waals surface area contributed by atoms with Gasteiger partial charge in [-0.15, -0.1) is 0 Å². The van der Waals surface area contributed by atoms with Gasteiger partial charge in [0.2, 0.25) is 0 Å². The van der Waals surface area contributed by atoms with Crippen LogP contribution in [-0.2, 0) is 16.1 Å². The predicted octanol–water partition coefficient (Wildman–Crippen LogP) is 4.44. The third kappa shape index (κ3) is 4.86. The van der Waals surface area contributed by atoms with Gasteiger partial charge in [0.25, 0.3) is 5.91 Å². The lowest BCUT2D eigenvalue weighted by molar-refractivity contribution is 0.0273. The van der Waals surface area contributed by atoms with Gasteiger partial charge in [0.05, 0.1) is 12.7 Å². The Morgan fingerprint density at radius 3 is 2.85 bits per heavy atom. The Bertz CT molecular complexity index is 703. The first-order valence-electron chi connectivity index (χ1n) is 9.77. The first-order chi connectivity index (χ1) is 12.8. The van der Waals surface area contributed by atoms with Crippen LogP contribution in [0, 0.1) is 0 Å². The Kier molecular flexibility index (Phi) is 7.09. The Hall–Kier alpha value is -1.85. The molecule has 5 nitrogen and oxygen atoms in total. The zero-order valence-corrected chi connectivity index (χ0v) is 15.6. The predicted molar refractivity (Wildman–Crippen MR) is 101 cm³/mol. The highest BCUT2D eigenvalue weighted by Gasteiger charge is 2.20. The molecule has 0 aliphatic heterocycles. The fourth-order valence-corrected chi connectivity index (χ4v) is 3.47. The van der Waals surface area contributed by atoms with Gasteiger partial charge >= 0.3 is 0 Å². The molecule has 1 fully saturated rings. The van der Waals surface area contributed by atoms with Crippen LogP contribution < -0.4 is 5.32 Å². The van der Waals surface area contributed by atoms with Gasteiger partial charge in [-0.3, -0.25) is 4.79 Å². The molecule has 1 saturated carbocycles. The molecule has 0 unspecified atom stereocenters. The third-order valence-electron chi connectivity index (χ3n) is 4.87. The molecule has 1 aromatic carbocycles. The Morgan fingerprint density at radius 1 is 1.23 bits per heavy atom. The number of nitrogens with one attached hydrogen (secondary N) is 1. The topological polar surface area (TPSA) is 60.7 Å². The third-order valence-corrected chi connectivity index (χ3v) is 4.87. The largest absolute Gasteiger partial charge is 0.451 e. The highest BCUT2D eigenvalue weighted by molar-refractivity contribution is 5.99. The Morgan fingerprint density at radius 2 is 2.04 bits per heavy atom. The van der Waals surface area contributed by atoms with Gasteiger partial charge in [-0.2, -0.15) is 0 Å². The molecule has 3 rings (SSSR count). The summed E-state index contributed by atoms with van der Waals surface area (Å²) >= 11 is 0. The zero-order chi connectivity index (χ0) is 18.2. The fraction of sp³-hybridized carbons (Fsp3) is 0.571. The van der Waals surface area contributed by atoms with E-state index in [0.717, 1.165) is 17.4 Å². The fourth-order valence-electron chi connectivity index (χ4n) is 3.47. The van der Waals surface area contributed by atoms with Crippen molar-refractivity contribution in [1.82, 2.24) is 5.32 Å². The molecule has 0 atom stereocenters. The lowest BCUT2D eigenvalue weighted by atomic mass is 9.98. The summed E-state index contributed by atoms with van der Waals surface area (Å²) in [6.07, 6.45) is 7.44. The molecule has 0 bridgehead atoms. The second-order valence-electron chi connectivity index (χ2n) is 6.78. The summed E-state index contributed by atoms with van der Waals surface area (Å²) in [6, 6.07) is 7.68. The number of rotatable bonds is 9. The maximum atomic E-state index is 12.6. The van der Waals surface area contributed by atoms with Gasteiger partial charge in [0.1, 0.15) is 5.58 Å². The molecule has 5 heteroatoms. The summed E-state index contributed by atoms with van der Waals surface area (Å²) in [6.45, 7) is 4.18. The summed E-state index contributed by atoms with van der Waals surface area (Å²) in [7, 11) is 0. The van der Waals surface area contributed by atoms with E-state index in [-0.39, 0.29) is 5.91 Å². The summed E-state index contributed by atoms with van der Waals surface area (Å²) < 4.78 is 17.2. The molecule has 1 aliphatic carbocycles. The van der Waals surface area contributed by atoms with Gasteiger partial charge < -0.3 is 19.2 Å². The molecule has 0 radical (unpaired) electrons. The maximum absolute atomic E-state index is 12.6. The van der Waals surface area contributed by atoms with E-state index in [9.17, 15) is 4.79 Å². The van der Waals surface area contributed by atoms with Gasteiger partial charge in [0.15, 0.2) is 5.76 Å². The smallest absolute Gasteiger partial charge is 0.287 e. The molecule has 1 heterocycles. The molecular formula is C21H29NO4. The molecule has 142 valence electrons. The quantitative estimate of drug-likeness (QED) is 0.673. The number of benzene rings is 1. The van der Waals surface area contributed by atoms with E-state index in [1.165, 1.54) is 32.1 Å². The van der Waals surface area contributed by atoms with Crippen LogP contribution in [0.4, 0.5) is 0 Å². The average Bonchev–Trinajstić information content (AvgIpc) is 3.05. The molecule has 2 aromatic rings. The van der Waals surface area contributed by atoms with Crippen molar-refractivity contribution in [2.45, 2.75) is 58.2 Å². The number of fused-ring (bicyclic) bond motifs is 1. The summed E-state index contributed by atoms with van der Waals surface area (Å²) in [5.41, 5.74) is 1.53. The first kappa shape index (κ1) is 18.9.